The number of urea groups is 1. The molecule has 0 unspecified atom stereocenters. The first-order chi connectivity index (χ1) is 10.3. The van der Waals surface area contributed by atoms with Gasteiger partial charge in [-0.1, -0.05) is 12.1 Å². The number of carbonyl (C=O) groups excluding carboxylic acids is 1. The van der Waals surface area contributed by atoms with Gasteiger partial charge in [-0.25, -0.2) is 9.78 Å². The lowest BCUT2D eigenvalue weighted by molar-refractivity contribution is 0.202. The Balaban J connectivity index is 1.59. The molecule has 21 heavy (non-hydrogen) atoms. The first-order valence-electron chi connectivity index (χ1n) is 7.28. The topological polar surface area (TPSA) is 50.2 Å². The van der Waals surface area contributed by atoms with Crippen molar-refractivity contribution in [2.75, 3.05) is 31.1 Å². The number of aromatic nitrogens is 2. The zero-order valence-electron chi connectivity index (χ0n) is 12.2. The van der Waals surface area contributed by atoms with E-state index in [0.29, 0.717) is 6.54 Å². The van der Waals surface area contributed by atoms with Crippen molar-refractivity contribution >= 4 is 28.8 Å². The van der Waals surface area contributed by atoms with E-state index in [2.05, 4.69) is 20.9 Å². The van der Waals surface area contributed by atoms with Crippen LogP contribution in [0.2, 0.25) is 0 Å². The molecule has 2 amide bonds. The monoisotopic (exact) mass is 304 g/mol. The summed E-state index contributed by atoms with van der Waals surface area (Å²) in [6, 6.07) is 8.15. The summed E-state index contributed by atoms with van der Waals surface area (Å²) >= 11 is 1.91. The van der Waals surface area contributed by atoms with Gasteiger partial charge in [0.25, 0.3) is 0 Å². The highest BCUT2D eigenvalue weighted by molar-refractivity contribution is 7.99. The second kappa shape index (κ2) is 6.39. The molecule has 1 fully saturated rings. The van der Waals surface area contributed by atoms with Crippen LogP contribution in [0.15, 0.2) is 24.3 Å². The molecule has 2 aromatic rings. The largest absolute Gasteiger partial charge is 0.336 e. The average Bonchev–Trinajstić information content (AvgIpc) is 2.84. The van der Waals surface area contributed by atoms with Crippen molar-refractivity contribution < 1.29 is 4.79 Å². The lowest BCUT2D eigenvalue weighted by Gasteiger charge is -2.26. The third kappa shape index (κ3) is 3.15. The Labute approximate surface area is 128 Å². The number of nitrogens with zero attached hydrogens (tertiary/aromatic N) is 3. The molecule has 1 aliphatic heterocycles. The fourth-order valence-corrected chi connectivity index (χ4v) is 3.53. The van der Waals surface area contributed by atoms with E-state index in [1.165, 1.54) is 0 Å². The minimum atomic E-state index is 0.0531. The molecule has 112 valence electrons. The third-order valence-electron chi connectivity index (χ3n) is 3.76. The number of nitrogens with one attached hydrogen (secondary N) is 1. The van der Waals surface area contributed by atoms with Crippen LogP contribution >= 0.6 is 11.8 Å². The highest BCUT2D eigenvalue weighted by Crippen LogP contribution is 2.15. The summed E-state index contributed by atoms with van der Waals surface area (Å²) < 4.78 is 2.15. The molecule has 1 saturated heterocycles. The molecule has 3 rings (SSSR count). The lowest BCUT2D eigenvalue weighted by Crippen LogP contribution is -2.45. The molecular weight excluding hydrogens is 284 g/mol. The molecule has 0 radical (unpaired) electrons. The second-order valence-corrected chi connectivity index (χ2v) is 6.36. The number of carbonyl (C=O) groups is 1. The van der Waals surface area contributed by atoms with Gasteiger partial charge in [0.05, 0.1) is 11.0 Å². The van der Waals surface area contributed by atoms with Gasteiger partial charge in [0.1, 0.15) is 5.82 Å². The number of imidazole rings is 1. The molecular formula is C15H20N4OS. The van der Waals surface area contributed by atoms with E-state index in [-0.39, 0.29) is 6.03 Å². The Kier molecular flexibility index (Phi) is 4.34. The van der Waals surface area contributed by atoms with Crippen LogP contribution in [0.3, 0.4) is 0 Å². The molecule has 5 nitrogen and oxygen atoms in total. The van der Waals surface area contributed by atoms with Crippen LogP contribution in [0.25, 0.3) is 11.0 Å². The minimum absolute atomic E-state index is 0.0531. The predicted octanol–water partition coefficient (Wildman–Crippen LogP) is 2.10. The Bertz CT molecular complexity index is 634. The number of aryl methyl sites for hydroxylation is 1. The summed E-state index contributed by atoms with van der Waals surface area (Å²) in [4.78, 5) is 18.5. The van der Waals surface area contributed by atoms with Crippen LogP contribution in [-0.2, 0) is 6.54 Å². The van der Waals surface area contributed by atoms with Crippen molar-refractivity contribution in [3.05, 3.63) is 30.1 Å². The van der Waals surface area contributed by atoms with Gasteiger partial charge in [0, 0.05) is 37.7 Å². The highest BCUT2D eigenvalue weighted by atomic mass is 32.2. The number of benzene rings is 1. The summed E-state index contributed by atoms with van der Waals surface area (Å²) in [5.41, 5.74) is 2.13. The minimum Gasteiger partial charge on any atom is -0.336 e. The smallest absolute Gasteiger partial charge is 0.317 e. The quantitative estimate of drug-likeness (QED) is 0.945. The van der Waals surface area contributed by atoms with Gasteiger partial charge in [-0.3, -0.25) is 0 Å². The van der Waals surface area contributed by atoms with E-state index in [9.17, 15) is 4.79 Å². The summed E-state index contributed by atoms with van der Waals surface area (Å²) in [5.74, 6) is 3.07. The molecule has 0 atom stereocenters. The van der Waals surface area contributed by atoms with Crippen molar-refractivity contribution in [3.63, 3.8) is 0 Å². The normalized spacial score (nSPS) is 15.4. The Morgan fingerprint density at radius 1 is 1.33 bits per heavy atom. The first-order valence-corrected chi connectivity index (χ1v) is 8.43. The fraction of sp³-hybridized carbons (Fsp3) is 0.467. The van der Waals surface area contributed by atoms with Crippen molar-refractivity contribution in [2.45, 2.75) is 13.5 Å². The van der Waals surface area contributed by atoms with E-state index in [4.69, 9.17) is 0 Å². The lowest BCUT2D eigenvalue weighted by atomic mass is 10.3. The van der Waals surface area contributed by atoms with Crippen LogP contribution in [0.5, 0.6) is 0 Å². The van der Waals surface area contributed by atoms with Gasteiger partial charge >= 0.3 is 6.03 Å². The number of thioether (sulfide) groups is 1. The van der Waals surface area contributed by atoms with E-state index in [0.717, 1.165) is 48.0 Å². The van der Waals surface area contributed by atoms with Gasteiger partial charge in [-0.15, -0.1) is 0 Å². The number of hydrogen-bond donors (Lipinski definition) is 1. The van der Waals surface area contributed by atoms with Crippen LogP contribution in [-0.4, -0.2) is 51.6 Å². The first kappa shape index (κ1) is 14.3. The molecule has 1 N–H and O–H groups in total. The van der Waals surface area contributed by atoms with Crippen LogP contribution < -0.4 is 5.32 Å². The van der Waals surface area contributed by atoms with Crippen LogP contribution in [0.1, 0.15) is 5.82 Å². The molecule has 6 heteroatoms. The number of amides is 2. The van der Waals surface area contributed by atoms with Gasteiger partial charge in [0.15, 0.2) is 0 Å². The highest BCUT2D eigenvalue weighted by Gasteiger charge is 2.16. The molecule has 1 aliphatic rings. The van der Waals surface area contributed by atoms with Gasteiger partial charge in [0.2, 0.25) is 0 Å². The second-order valence-electron chi connectivity index (χ2n) is 5.13. The maximum atomic E-state index is 12.1. The number of fused-ring (bicyclic) bond motifs is 1. The number of hydrogen-bond acceptors (Lipinski definition) is 3. The zero-order chi connectivity index (χ0) is 14.7. The van der Waals surface area contributed by atoms with Crippen molar-refractivity contribution in [3.8, 4) is 0 Å². The summed E-state index contributed by atoms with van der Waals surface area (Å²) in [6.45, 7) is 5.08. The maximum absolute atomic E-state index is 12.1. The van der Waals surface area contributed by atoms with E-state index in [1.54, 1.807) is 0 Å². The standard InChI is InChI=1S/C15H20N4OS/c1-12-17-13-4-2-3-5-14(13)19(12)7-6-16-15(20)18-8-10-21-11-9-18/h2-5H,6-11H2,1H3,(H,16,20). The van der Waals surface area contributed by atoms with E-state index < -0.39 is 0 Å². The summed E-state index contributed by atoms with van der Waals surface area (Å²) in [5, 5.41) is 3.01. The van der Waals surface area contributed by atoms with Gasteiger partial charge in [-0.05, 0) is 19.1 Å². The molecule has 1 aromatic heterocycles. The Hall–Kier alpha value is -1.69. The predicted molar refractivity (Wildman–Crippen MR) is 86.8 cm³/mol. The van der Waals surface area contributed by atoms with Crippen LogP contribution in [0, 0.1) is 6.92 Å². The number of para-hydroxylation sites is 2. The molecule has 1 aromatic carbocycles. The fourth-order valence-electron chi connectivity index (χ4n) is 2.63. The van der Waals surface area contributed by atoms with E-state index >= 15 is 0 Å². The average molecular weight is 304 g/mol. The van der Waals surface area contributed by atoms with Crippen molar-refractivity contribution in [1.29, 1.82) is 0 Å². The molecule has 0 saturated carbocycles. The van der Waals surface area contributed by atoms with Crippen molar-refractivity contribution in [1.82, 2.24) is 19.8 Å². The van der Waals surface area contributed by atoms with Gasteiger partial charge in [-0.2, -0.15) is 11.8 Å². The third-order valence-corrected chi connectivity index (χ3v) is 4.70. The van der Waals surface area contributed by atoms with Crippen molar-refractivity contribution in [2.24, 2.45) is 0 Å². The van der Waals surface area contributed by atoms with Gasteiger partial charge < -0.3 is 14.8 Å². The maximum Gasteiger partial charge on any atom is 0.317 e. The molecule has 0 aliphatic carbocycles. The summed E-state index contributed by atoms with van der Waals surface area (Å²) in [6.07, 6.45) is 0. The molecule has 0 bridgehead atoms. The number of rotatable bonds is 3. The van der Waals surface area contributed by atoms with E-state index in [1.807, 2.05) is 41.8 Å². The Morgan fingerprint density at radius 2 is 2.10 bits per heavy atom. The van der Waals surface area contributed by atoms with Crippen LogP contribution in [0.4, 0.5) is 4.79 Å². The summed E-state index contributed by atoms with van der Waals surface area (Å²) in [7, 11) is 0. The molecule has 0 spiro atoms. The Morgan fingerprint density at radius 3 is 2.90 bits per heavy atom. The SMILES string of the molecule is Cc1nc2ccccc2n1CCNC(=O)N1CCSCC1. The zero-order valence-corrected chi connectivity index (χ0v) is 13.0. The molecule has 2 heterocycles.